The maximum Gasteiger partial charge on any atom is 0.238 e. The van der Waals surface area contributed by atoms with Crippen molar-refractivity contribution in [2.75, 3.05) is 5.75 Å². The number of nitrogens with two attached hydrogens (primary N) is 1. The quantitative estimate of drug-likeness (QED) is 0.787. The molecule has 0 fully saturated rings. The summed E-state index contributed by atoms with van der Waals surface area (Å²) in [5.74, 6) is 1.41. The number of benzene rings is 1. The lowest BCUT2D eigenvalue weighted by molar-refractivity contribution is 0.0894. The summed E-state index contributed by atoms with van der Waals surface area (Å²) in [5.41, 5.74) is -0.515. The van der Waals surface area contributed by atoms with Crippen molar-refractivity contribution in [3.63, 3.8) is 0 Å². The van der Waals surface area contributed by atoms with Crippen LogP contribution in [0.3, 0.4) is 0 Å². The van der Waals surface area contributed by atoms with Crippen molar-refractivity contribution in [2.45, 2.75) is 55.4 Å². The Hall–Kier alpha value is -0.440. The second-order valence-electron chi connectivity index (χ2n) is 6.61. The molecule has 0 saturated heterocycles. The first-order valence-electron chi connectivity index (χ1n) is 7.45. The summed E-state index contributed by atoms with van der Waals surface area (Å²) in [5, 5.41) is 5.16. The molecule has 0 radical (unpaired) electrons. The van der Waals surface area contributed by atoms with E-state index in [9.17, 15) is 12.6 Å². The van der Waals surface area contributed by atoms with Gasteiger partial charge in [0.05, 0.1) is 30.8 Å². The number of ether oxygens (including phenoxy) is 1. The smallest absolute Gasteiger partial charge is 0.238 e. The maximum absolute atomic E-state index is 12.6. The average Bonchev–Trinajstić information content (AvgIpc) is 2.38. The van der Waals surface area contributed by atoms with E-state index in [1.807, 2.05) is 6.92 Å². The first-order valence-corrected chi connectivity index (χ1v) is 11.1. The molecule has 130 valence electrons. The molecule has 8 heteroatoms. The largest absolute Gasteiger partial charge is 0.484 e. The van der Waals surface area contributed by atoms with E-state index in [1.54, 1.807) is 0 Å². The van der Waals surface area contributed by atoms with E-state index in [-0.39, 0.29) is 4.90 Å². The second kappa shape index (κ2) is 6.82. The third-order valence-corrected chi connectivity index (χ3v) is 6.98. The molecule has 2 rings (SSSR count). The molecule has 23 heavy (non-hydrogen) atoms. The molecule has 1 heterocycles. The second-order valence-corrected chi connectivity index (χ2v) is 10.4. The number of halogens is 1. The summed E-state index contributed by atoms with van der Waals surface area (Å²) in [4.78, 5) is 0.313. The Morgan fingerprint density at radius 3 is 2.65 bits per heavy atom. The zero-order chi connectivity index (χ0) is 17.4. The van der Waals surface area contributed by atoms with Gasteiger partial charge in [0, 0.05) is 0 Å². The molecule has 0 saturated carbocycles. The van der Waals surface area contributed by atoms with Crippen LogP contribution < -0.4 is 9.88 Å². The number of primary sulfonamides is 1. The van der Waals surface area contributed by atoms with Crippen LogP contribution in [0, 0.1) is 5.92 Å². The van der Waals surface area contributed by atoms with Crippen molar-refractivity contribution in [1.82, 2.24) is 0 Å². The van der Waals surface area contributed by atoms with Gasteiger partial charge in [0.2, 0.25) is 10.0 Å². The van der Waals surface area contributed by atoms with Gasteiger partial charge in [-0.2, -0.15) is 0 Å². The average molecular weight is 424 g/mol. The van der Waals surface area contributed by atoms with Gasteiger partial charge in [0.1, 0.15) is 5.60 Å². The Morgan fingerprint density at radius 2 is 2.09 bits per heavy atom. The van der Waals surface area contributed by atoms with Gasteiger partial charge in [0.15, 0.2) is 5.75 Å². The Balaban J connectivity index is 2.32. The number of fused-ring (bicyclic) bond motifs is 1. The maximum atomic E-state index is 12.6. The van der Waals surface area contributed by atoms with Crippen molar-refractivity contribution in [2.24, 2.45) is 11.1 Å². The summed E-state index contributed by atoms with van der Waals surface area (Å²) < 4.78 is 42.2. The van der Waals surface area contributed by atoms with Gasteiger partial charge in [-0.1, -0.05) is 20.3 Å². The topological polar surface area (TPSA) is 86.5 Å². The standard InChI is InChI=1S/C15H22BrNO4S2/c1-10(2)5-4-6-15(3)9-22(18)13-8-11(23(17,19)20)7-12(16)14(13)21-15/h7-8,10H,4-6,9H2,1-3H3,(H2,17,19,20). The molecule has 2 atom stereocenters. The fourth-order valence-electron chi connectivity index (χ4n) is 2.62. The first-order chi connectivity index (χ1) is 10.5. The number of sulfonamides is 1. The van der Waals surface area contributed by atoms with Gasteiger partial charge in [0.25, 0.3) is 0 Å². The molecule has 5 nitrogen and oxygen atoms in total. The zero-order valence-electron chi connectivity index (χ0n) is 13.5. The summed E-state index contributed by atoms with van der Waals surface area (Å²) in [6.07, 6.45) is 2.89. The van der Waals surface area contributed by atoms with Crippen molar-refractivity contribution in [1.29, 1.82) is 0 Å². The van der Waals surface area contributed by atoms with Gasteiger partial charge in [-0.3, -0.25) is 4.21 Å². The molecule has 0 spiro atoms. The predicted molar refractivity (Wildman–Crippen MR) is 94.5 cm³/mol. The van der Waals surface area contributed by atoms with E-state index in [0.29, 0.717) is 26.8 Å². The third-order valence-electron chi connectivity index (χ3n) is 3.83. The normalized spacial score (nSPS) is 24.3. The molecule has 1 aromatic rings. The van der Waals surface area contributed by atoms with Crippen LogP contribution in [0.2, 0.25) is 0 Å². The van der Waals surface area contributed by atoms with Crippen molar-refractivity contribution in [3.05, 3.63) is 16.6 Å². The van der Waals surface area contributed by atoms with Crippen molar-refractivity contribution < 1.29 is 17.4 Å². The Labute approximate surface area is 148 Å². The van der Waals surface area contributed by atoms with E-state index in [2.05, 4.69) is 29.8 Å². The van der Waals surface area contributed by atoms with E-state index in [1.165, 1.54) is 12.1 Å². The molecule has 0 aliphatic carbocycles. The Bertz CT molecular complexity index is 733. The Morgan fingerprint density at radius 1 is 1.43 bits per heavy atom. The minimum atomic E-state index is -3.85. The molecule has 0 bridgehead atoms. The van der Waals surface area contributed by atoms with Crippen LogP contribution in [0.4, 0.5) is 0 Å². The van der Waals surface area contributed by atoms with Crippen LogP contribution in [0.15, 0.2) is 26.4 Å². The van der Waals surface area contributed by atoms with Crippen LogP contribution in [-0.4, -0.2) is 24.0 Å². The van der Waals surface area contributed by atoms with Gasteiger partial charge >= 0.3 is 0 Å². The molecule has 1 aliphatic rings. The van der Waals surface area contributed by atoms with E-state index in [4.69, 9.17) is 9.88 Å². The molecule has 0 aromatic heterocycles. The molecule has 1 aliphatic heterocycles. The lowest BCUT2D eigenvalue weighted by atomic mass is 9.97. The minimum Gasteiger partial charge on any atom is -0.484 e. The fraction of sp³-hybridized carbons (Fsp3) is 0.600. The molecule has 0 amide bonds. The molecule has 1 aromatic carbocycles. The lowest BCUT2D eigenvalue weighted by Gasteiger charge is -2.36. The van der Waals surface area contributed by atoms with Gasteiger partial charge in [-0.15, -0.1) is 0 Å². The van der Waals surface area contributed by atoms with Crippen LogP contribution >= 0.6 is 15.9 Å². The monoisotopic (exact) mass is 423 g/mol. The number of hydrogen-bond donors (Lipinski definition) is 1. The summed E-state index contributed by atoms with van der Waals surface area (Å²) in [6.45, 7) is 6.29. The zero-order valence-corrected chi connectivity index (χ0v) is 16.7. The third kappa shape index (κ3) is 4.55. The highest BCUT2D eigenvalue weighted by molar-refractivity contribution is 9.10. The van der Waals surface area contributed by atoms with Crippen LogP contribution in [0.5, 0.6) is 5.75 Å². The van der Waals surface area contributed by atoms with E-state index in [0.717, 1.165) is 19.3 Å². The molecule has 2 N–H and O–H groups in total. The highest BCUT2D eigenvalue weighted by Gasteiger charge is 2.37. The van der Waals surface area contributed by atoms with E-state index < -0.39 is 26.4 Å². The van der Waals surface area contributed by atoms with Gasteiger partial charge in [-0.05, 0) is 53.7 Å². The Kier molecular flexibility index (Phi) is 5.60. The predicted octanol–water partition coefficient (Wildman–Crippen LogP) is 3.18. The fourth-order valence-corrected chi connectivity index (χ4v) is 5.61. The van der Waals surface area contributed by atoms with E-state index >= 15 is 0 Å². The molecular formula is C15H22BrNO4S2. The summed E-state index contributed by atoms with van der Waals surface area (Å²) in [6, 6.07) is 2.74. The first kappa shape index (κ1) is 18.9. The lowest BCUT2D eigenvalue weighted by Crippen LogP contribution is -2.42. The molecule has 2 unspecified atom stereocenters. The minimum absolute atomic E-state index is 0.0662. The highest BCUT2D eigenvalue weighted by atomic mass is 79.9. The SMILES string of the molecule is CC(C)CCCC1(C)CS(=O)c2cc(S(N)(=O)=O)cc(Br)c2O1. The van der Waals surface area contributed by atoms with Crippen molar-refractivity contribution >= 4 is 36.8 Å². The molecular weight excluding hydrogens is 402 g/mol. The summed E-state index contributed by atoms with van der Waals surface area (Å²) >= 11 is 3.32. The number of hydrogen-bond acceptors (Lipinski definition) is 4. The van der Waals surface area contributed by atoms with Crippen LogP contribution in [-0.2, 0) is 20.8 Å². The number of rotatable bonds is 5. The highest BCUT2D eigenvalue weighted by Crippen LogP contribution is 2.42. The van der Waals surface area contributed by atoms with Crippen molar-refractivity contribution in [3.8, 4) is 5.75 Å². The van der Waals surface area contributed by atoms with Crippen LogP contribution in [0.25, 0.3) is 0 Å². The van der Waals surface area contributed by atoms with Gasteiger partial charge < -0.3 is 4.74 Å². The van der Waals surface area contributed by atoms with Gasteiger partial charge in [-0.25, -0.2) is 13.6 Å². The van der Waals surface area contributed by atoms with Crippen LogP contribution in [0.1, 0.15) is 40.0 Å². The summed E-state index contributed by atoms with van der Waals surface area (Å²) in [7, 11) is -5.18.